The number of halogens is 1. The minimum atomic E-state index is -0.967. The van der Waals surface area contributed by atoms with Gasteiger partial charge in [0, 0.05) is 38.7 Å². The van der Waals surface area contributed by atoms with Crippen LogP contribution in [-0.4, -0.2) is 60.2 Å². The molecule has 8 heteroatoms. The number of aliphatic hydroxyl groups excluding tert-OH is 1. The fourth-order valence-corrected chi connectivity index (χ4v) is 5.97. The largest absolute Gasteiger partial charge is 0.493 e. The third kappa shape index (κ3) is 8.33. The van der Waals surface area contributed by atoms with Crippen LogP contribution in [0.25, 0.3) is 0 Å². The Hall–Kier alpha value is -3.41. The van der Waals surface area contributed by atoms with Gasteiger partial charge in [-0.3, -0.25) is 9.59 Å². The third-order valence-corrected chi connectivity index (χ3v) is 8.27. The van der Waals surface area contributed by atoms with E-state index in [-0.39, 0.29) is 30.7 Å². The van der Waals surface area contributed by atoms with Gasteiger partial charge in [0.1, 0.15) is 11.6 Å². The highest BCUT2D eigenvalue weighted by atomic mass is 19.1. The lowest BCUT2D eigenvalue weighted by Crippen LogP contribution is -2.49. The van der Waals surface area contributed by atoms with Crippen LogP contribution in [0.3, 0.4) is 0 Å². The SMILES string of the molecule is C#CCC1C2C(=O)N[C@H]([C@H](O)CNCc3cccc(CC)c3)Cc3cc(F)cc(c3)OCCCCN(CCC)C(=O)C12. The van der Waals surface area contributed by atoms with E-state index in [9.17, 15) is 19.1 Å². The molecule has 2 aromatic carbocycles. The van der Waals surface area contributed by atoms with Crippen LogP contribution in [0.1, 0.15) is 56.2 Å². The van der Waals surface area contributed by atoms with Crippen molar-refractivity contribution in [2.75, 3.05) is 26.2 Å². The van der Waals surface area contributed by atoms with Crippen molar-refractivity contribution in [3.63, 3.8) is 0 Å². The molecule has 1 fully saturated rings. The summed E-state index contributed by atoms with van der Waals surface area (Å²) in [7, 11) is 0. The molecule has 2 amide bonds. The predicted molar refractivity (Wildman–Crippen MR) is 161 cm³/mol. The standard InChI is InChI=1S/C34H44FN3O4/c1-4-10-28-31-32(28)34(41)38(13-5-2)14-7-8-15-42-27-18-25(17-26(35)20-27)19-29(37-33(31)40)30(39)22-36-21-24-12-9-11-23(6-3)16-24/h1,9,11-12,16-18,20,28-32,36,39H,5-8,10,13-15,19,21-22H2,2-3H3,(H,37,40)/t28?,29-,30+,31?,32?/m0/s1. The maximum Gasteiger partial charge on any atom is 0.226 e. The van der Waals surface area contributed by atoms with Crippen molar-refractivity contribution in [2.24, 2.45) is 17.8 Å². The van der Waals surface area contributed by atoms with E-state index in [1.807, 2.05) is 24.0 Å². The maximum atomic E-state index is 14.6. The molecule has 1 aliphatic carbocycles. The Balaban J connectivity index is 1.55. The number of nitrogens with one attached hydrogen (secondary N) is 2. The summed E-state index contributed by atoms with van der Waals surface area (Å²) in [6.45, 7) is 6.46. The Morgan fingerprint density at radius 2 is 1.98 bits per heavy atom. The van der Waals surface area contributed by atoms with Gasteiger partial charge in [-0.2, -0.15) is 0 Å². The second kappa shape index (κ2) is 15.2. The number of hydrogen-bond acceptors (Lipinski definition) is 5. The van der Waals surface area contributed by atoms with Gasteiger partial charge in [-0.05, 0) is 66.8 Å². The molecule has 0 aromatic heterocycles. The van der Waals surface area contributed by atoms with Crippen LogP contribution >= 0.6 is 0 Å². The van der Waals surface area contributed by atoms with Gasteiger partial charge < -0.3 is 25.4 Å². The summed E-state index contributed by atoms with van der Waals surface area (Å²) in [4.78, 5) is 29.0. The van der Waals surface area contributed by atoms with Crippen LogP contribution in [0.5, 0.6) is 5.75 Å². The Morgan fingerprint density at radius 3 is 2.74 bits per heavy atom. The number of ether oxygens (including phenoxy) is 1. The molecule has 1 saturated carbocycles. The molecule has 3 N–H and O–H groups in total. The summed E-state index contributed by atoms with van der Waals surface area (Å²) >= 11 is 0. The van der Waals surface area contributed by atoms with Crippen LogP contribution in [-0.2, 0) is 29.0 Å². The monoisotopic (exact) mass is 577 g/mol. The van der Waals surface area contributed by atoms with Crippen LogP contribution < -0.4 is 15.4 Å². The first kappa shape index (κ1) is 31.5. The van der Waals surface area contributed by atoms with Crippen molar-refractivity contribution in [3.8, 4) is 18.1 Å². The van der Waals surface area contributed by atoms with Gasteiger partial charge in [0.25, 0.3) is 0 Å². The molecule has 0 radical (unpaired) electrons. The minimum absolute atomic E-state index is 0.0365. The maximum absolute atomic E-state index is 14.6. The lowest BCUT2D eigenvalue weighted by Gasteiger charge is -2.26. The number of carbonyl (C=O) groups excluding carboxylic acids is 2. The Labute approximate surface area is 249 Å². The number of terminal acetylenes is 1. The van der Waals surface area contributed by atoms with Crippen molar-refractivity contribution in [3.05, 3.63) is 65.0 Å². The van der Waals surface area contributed by atoms with E-state index in [4.69, 9.17) is 11.2 Å². The van der Waals surface area contributed by atoms with Crippen molar-refractivity contribution >= 4 is 11.8 Å². The summed E-state index contributed by atoms with van der Waals surface area (Å²) in [6.07, 6.45) is 8.36. The first-order chi connectivity index (χ1) is 20.3. The van der Waals surface area contributed by atoms with E-state index in [0.29, 0.717) is 50.4 Å². The average Bonchev–Trinajstić information content (AvgIpc) is 3.69. The quantitative estimate of drug-likeness (QED) is 0.394. The molecule has 2 bridgehead atoms. The summed E-state index contributed by atoms with van der Waals surface area (Å²) in [6, 6.07) is 12.0. The van der Waals surface area contributed by atoms with Crippen LogP contribution in [0.15, 0.2) is 42.5 Å². The van der Waals surface area contributed by atoms with E-state index in [0.717, 1.165) is 24.8 Å². The number of amides is 2. The first-order valence-electron chi connectivity index (χ1n) is 15.3. The zero-order valence-electron chi connectivity index (χ0n) is 24.8. The summed E-state index contributed by atoms with van der Waals surface area (Å²) < 4.78 is 20.4. The normalized spacial score (nSPS) is 23.7. The molecule has 1 aliphatic heterocycles. The van der Waals surface area contributed by atoms with Gasteiger partial charge in [0.15, 0.2) is 0 Å². The predicted octanol–water partition coefficient (Wildman–Crippen LogP) is 3.86. The third-order valence-electron chi connectivity index (χ3n) is 8.27. The second-order valence-corrected chi connectivity index (χ2v) is 11.5. The van der Waals surface area contributed by atoms with E-state index in [2.05, 4.69) is 35.6 Å². The number of rotatable bonds is 9. The zero-order chi connectivity index (χ0) is 30.1. The van der Waals surface area contributed by atoms with Gasteiger partial charge in [0.05, 0.1) is 30.6 Å². The van der Waals surface area contributed by atoms with Crippen molar-refractivity contribution in [2.45, 2.75) is 71.1 Å². The molecule has 7 nitrogen and oxygen atoms in total. The van der Waals surface area contributed by atoms with E-state index in [1.165, 1.54) is 17.7 Å². The van der Waals surface area contributed by atoms with Gasteiger partial charge in [-0.1, -0.05) is 38.1 Å². The molecule has 0 saturated heterocycles. The Morgan fingerprint density at radius 1 is 1.17 bits per heavy atom. The molecule has 4 rings (SSSR count). The number of nitrogens with zero attached hydrogens (tertiary/aromatic N) is 1. The molecular weight excluding hydrogens is 533 g/mol. The summed E-state index contributed by atoms with van der Waals surface area (Å²) in [5.74, 6) is 1.01. The number of aryl methyl sites for hydroxylation is 1. The molecule has 1 heterocycles. The van der Waals surface area contributed by atoms with Crippen LogP contribution in [0, 0.1) is 35.9 Å². The molecule has 2 aromatic rings. The number of fused-ring (bicyclic) bond motifs is 3. The van der Waals surface area contributed by atoms with Crippen molar-refractivity contribution < 1.29 is 23.8 Å². The molecule has 42 heavy (non-hydrogen) atoms. The van der Waals surface area contributed by atoms with E-state index in [1.54, 1.807) is 6.07 Å². The van der Waals surface area contributed by atoms with Gasteiger partial charge in [0.2, 0.25) is 11.8 Å². The fraction of sp³-hybridized carbons (Fsp3) is 0.529. The lowest BCUT2D eigenvalue weighted by atomic mass is 9.99. The van der Waals surface area contributed by atoms with E-state index >= 15 is 0 Å². The number of hydrogen-bond donors (Lipinski definition) is 3. The molecular formula is C34H44FN3O4. The first-order valence-corrected chi connectivity index (χ1v) is 15.3. The number of carbonyl (C=O) groups is 2. The highest BCUT2D eigenvalue weighted by molar-refractivity contribution is 5.93. The van der Waals surface area contributed by atoms with Gasteiger partial charge in [-0.15, -0.1) is 12.3 Å². The van der Waals surface area contributed by atoms with E-state index < -0.39 is 29.8 Å². The molecule has 3 unspecified atom stereocenters. The number of benzene rings is 2. The van der Waals surface area contributed by atoms with Crippen LogP contribution in [0.2, 0.25) is 0 Å². The topological polar surface area (TPSA) is 90.9 Å². The summed E-state index contributed by atoms with van der Waals surface area (Å²) in [5, 5.41) is 17.6. The summed E-state index contributed by atoms with van der Waals surface area (Å²) in [5.41, 5.74) is 2.94. The highest BCUT2D eigenvalue weighted by Gasteiger charge is 2.59. The van der Waals surface area contributed by atoms with Gasteiger partial charge in [-0.25, -0.2) is 4.39 Å². The molecule has 2 aliphatic rings. The Kier molecular flexibility index (Phi) is 11.4. The molecule has 5 atom stereocenters. The van der Waals surface area contributed by atoms with Crippen LogP contribution in [0.4, 0.5) is 4.39 Å². The smallest absolute Gasteiger partial charge is 0.226 e. The average molecular weight is 578 g/mol. The molecule has 226 valence electrons. The second-order valence-electron chi connectivity index (χ2n) is 11.5. The van der Waals surface area contributed by atoms with Gasteiger partial charge >= 0.3 is 0 Å². The van der Waals surface area contributed by atoms with Crippen molar-refractivity contribution in [1.29, 1.82) is 0 Å². The fourth-order valence-electron chi connectivity index (χ4n) is 5.97. The number of aliphatic hydroxyl groups is 1. The zero-order valence-corrected chi connectivity index (χ0v) is 24.8. The van der Waals surface area contributed by atoms with Crippen molar-refractivity contribution in [1.82, 2.24) is 15.5 Å². The highest BCUT2D eigenvalue weighted by Crippen LogP contribution is 2.50. The minimum Gasteiger partial charge on any atom is -0.493 e. The lowest BCUT2D eigenvalue weighted by molar-refractivity contribution is -0.135. The molecule has 0 spiro atoms. The Bertz CT molecular complexity index is 1260.